The molecule has 0 N–H and O–H groups in total. The van der Waals surface area contributed by atoms with Gasteiger partial charge in [0.15, 0.2) is 11.6 Å². The zero-order valence-corrected chi connectivity index (χ0v) is 21.4. The quantitative estimate of drug-likeness (QED) is 0.219. The highest BCUT2D eigenvalue weighted by Gasteiger charge is 2.31. The SMILES string of the molecule is O=C(OOC(=O)c1cccc(Cl)c1C(=O)C1CCCCC1)c1cccc(Cl)c1C(=O)C1CCCCC1. The number of hydrogen-bond donors (Lipinski definition) is 0. The van der Waals surface area contributed by atoms with Gasteiger partial charge in [0.25, 0.3) is 0 Å². The van der Waals surface area contributed by atoms with Gasteiger partial charge in [-0.05, 0) is 49.9 Å². The summed E-state index contributed by atoms with van der Waals surface area (Å²) in [5.74, 6) is -2.90. The molecular weight excluding hydrogens is 503 g/mol. The molecule has 0 radical (unpaired) electrons. The maximum Gasteiger partial charge on any atom is 0.387 e. The Bertz CT molecular complexity index is 1070. The van der Waals surface area contributed by atoms with Crippen LogP contribution in [-0.4, -0.2) is 23.5 Å². The zero-order chi connectivity index (χ0) is 25.7. The molecule has 4 rings (SSSR count). The lowest BCUT2D eigenvalue weighted by atomic mass is 9.83. The fourth-order valence-corrected chi connectivity index (χ4v) is 5.73. The van der Waals surface area contributed by atoms with Gasteiger partial charge in [0, 0.05) is 11.8 Å². The van der Waals surface area contributed by atoms with Gasteiger partial charge in [0.1, 0.15) is 0 Å². The Morgan fingerprint density at radius 1 is 0.583 bits per heavy atom. The summed E-state index contributed by atoms with van der Waals surface area (Å²) < 4.78 is 0. The number of Topliss-reactive ketones (excluding diaryl/α,β-unsaturated/α-hetero) is 2. The van der Waals surface area contributed by atoms with Crippen molar-refractivity contribution in [1.29, 1.82) is 0 Å². The maximum absolute atomic E-state index is 13.2. The lowest BCUT2D eigenvalue weighted by Crippen LogP contribution is -2.23. The van der Waals surface area contributed by atoms with Gasteiger partial charge in [0.05, 0.1) is 32.3 Å². The molecule has 0 aromatic heterocycles. The van der Waals surface area contributed by atoms with Crippen LogP contribution < -0.4 is 0 Å². The molecule has 2 aliphatic rings. The Balaban J connectivity index is 1.51. The van der Waals surface area contributed by atoms with E-state index in [-0.39, 0.29) is 55.7 Å². The van der Waals surface area contributed by atoms with Crippen LogP contribution in [0.25, 0.3) is 0 Å². The highest BCUT2D eigenvalue weighted by Crippen LogP contribution is 2.33. The van der Waals surface area contributed by atoms with Crippen LogP contribution in [0.2, 0.25) is 10.0 Å². The Hall–Kier alpha value is -2.70. The van der Waals surface area contributed by atoms with E-state index in [1.165, 1.54) is 36.4 Å². The van der Waals surface area contributed by atoms with Gasteiger partial charge in [-0.2, -0.15) is 0 Å². The van der Waals surface area contributed by atoms with Crippen LogP contribution in [0.5, 0.6) is 0 Å². The molecule has 0 spiro atoms. The second-order valence-corrected chi connectivity index (χ2v) is 10.3. The monoisotopic (exact) mass is 530 g/mol. The van der Waals surface area contributed by atoms with Gasteiger partial charge in [-0.15, -0.1) is 0 Å². The third-order valence-corrected chi connectivity index (χ3v) is 7.73. The fourth-order valence-electron chi connectivity index (χ4n) is 5.19. The first-order valence-electron chi connectivity index (χ1n) is 12.5. The average molecular weight is 531 g/mol. The summed E-state index contributed by atoms with van der Waals surface area (Å²) in [6.45, 7) is 0. The predicted molar refractivity (Wildman–Crippen MR) is 136 cm³/mol. The molecule has 0 bridgehead atoms. The summed E-state index contributed by atoms with van der Waals surface area (Å²) in [6.07, 6.45) is 8.87. The van der Waals surface area contributed by atoms with Gasteiger partial charge >= 0.3 is 11.9 Å². The van der Waals surface area contributed by atoms with Crippen molar-refractivity contribution >= 4 is 46.7 Å². The summed E-state index contributed by atoms with van der Waals surface area (Å²) in [4.78, 5) is 61.8. The van der Waals surface area contributed by atoms with E-state index in [1.54, 1.807) is 0 Å². The molecule has 190 valence electrons. The van der Waals surface area contributed by atoms with Gasteiger partial charge < -0.3 is 0 Å². The molecule has 6 nitrogen and oxygen atoms in total. The van der Waals surface area contributed by atoms with Crippen LogP contribution in [-0.2, 0) is 9.78 Å². The molecular formula is C28H28Cl2O6. The summed E-state index contributed by atoms with van der Waals surface area (Å²) in [5.41, 5.74) is -0.00276. The number of halogens is 2. The minimum atomic E-state index is -1.02. The van der Waals surface area contributed by atoms with E-state index in [9.17, 15) is 19.2 Å². The number of benzene rings is 2. The molecule has 2 fully saturated rings. The Kier molecular flexibility index (Phi) is 8.81. The smallest absolute Gasteiger partial charge is 0.294 e. The van der Waals surface area contributed by atoms with E-state index in [0.29, 0.717) is 0 Å². The van der Waals surface area contributed by atoms with Crippen molar-refractivity contribution in [2.45, 2.75) is 64.2 Å². The van der Waals surface area contributed by atoms with E-state index < -0.39 is 11.9 Å². The molecule has 8 heteroatoms. The van der Waals surface area contributed by atoms with Crippen LogP contribution in [0, 0.1) is 11.8 Å². The zero-order valence-electron chi connectivity index (χ0n) is 19.9. The lowest BCUT2D eigenvalue weighted by Gasteiger charge is -2.22. The highest BCUT2D eigenvalue weighted by molar-refractivity contribution is 6.35. The second kappa shape index (κ2) is 12.0. The second-order valence-electron chi connectivity index (χ2n) is 9.46. The molecule has 0 unspecified atom stereocenters. The van der Waals surface area contributed by atoms with Crippen LogP contribution in [0.3, 0.4) is 0 Å². The largest absolute Gasteiger partial charge is 0.387 e. The van der Waals surface area contributed by atoms with Crippen molar-refractivity contribution in [2.75, 3.05) is 0 Å². The van der Waals surface area contributed by atoms with Crippen LogP contribution in [0.1, 0.15) is 106 Å². The molecule has 2 aromatic carbocycles. The van der Waals surface area contributed by atoms with Crippen LogP contribution >= 0.6 is 23.2 Å². The van der Waals surface area contributed by atoms with Crippen molar-refractivity contribution in [1.82, 2.24) is 0 Å². The predicted octanol–water partition coefficient (Wildman–Crippen LogP) is 7.45. The lowest BCUT2D eigenvalue weighted by molar-refractivity contribution is -0.187. The maximum atomic E-state index is 13.2. The molecule has 0 atom stereocenters. The number of carbonyl (C=O) groups excluding carboxylic acids is 4. The van der Waals surface area contributed by atoms with Crippen molar-refractivity contribution in [2.24, 2.45) is 11.8 Å². The molecule has 0 saturated heterocycles. The number of ketones is 2. The van der Waals surface area contributed by atoms with Crippen LogP contribution in [0.15, 0.2) is 36.4 Å². The number of carbonyl (C=O) groups is 4. The van der Waals surface area contributed by atoms with E-state index >= 15 is 0 Å². The first kappa shape index (κ1) is 26.4. The number of rotatable bonds is 6. The standard InChI is InChI=1S/C28H28Cl2O6/c29-21-15-7-13-19(23(21)25(31)17-9-3-1-4-10-17)27(33)35-36-28(34)20-14-8-16-22(30)24(20)26(32)18-11-5-2-6-12-18/h7-8,13-18H,1-6,9-12H2. The van der Waals surface area contributed by atoms with Gasteiger partial charge in [-0.25, -0.2) is 19.4 Å². The third kappa shape index (κ3) is 5.81. The van der Waals surface area contributed by atoms with Crippen molar-refractivity contribution < 1.29 is 29.0 Å². The number of hydrogen-bond acceptors (Lipinski definition) is 6. The third-order valence-electron chi connectivity index (χ3n) is 7.10. The Morgan fingerprint density at radius 3 is 1.31 bits per heavy atom. The summed E-state index contributed by atoms with van der Waals surface area (Å²) in [5, 5.41) is 0.281. The topological polar surface area (TPSA) is 86.7 Å². The fraction of sp³-hybridized carbons (Fsp3) is 0.429. The molecule has 2 aromatic rings. The molecule has 36 heavy (non-hydrogen) atoms. The van der Waals surface area contributed by atoms with Crippen molar-refractivity contribution in [3.8, 4) is 0 Å². The van der Waals surface area contributed by atoms with E-state index in [0.717, 1.165) is 64.2 Å². The molecule has 0 aliphatic heterocycles. The molecule has 0 heterocycles. The van der Waals surface area contributed by atoms with Gasteiger partial charge in [-0.1, -0.05) is 73.9 Å². The molecule has 2 aliphatic carbocycles. The van der Waals surface area contributed by atoms with Crippen molar-refractivity contribution in [3.05, 3.63) is 68.7 Å². The van der Waals surface area contributed by atoms with E-state index in [2.05, 4.69) is 0 Å². The summed E-state index contributed by atoms with van der Waals surface area (Å²) >= 11 is 12.6. The summed E-state index contributed by atoms with van der Waals surface area (Å²) in [7, 11) is 0. The van der Waals surface area contributed by atoms with E-state index in [4.69, 9.17) is 33.0 Å². The minimum absolute atomic E-state index is 0.0723. The van der Waals surface area contributed by atoms with Gasteiger partial charge in [-0.3, -0.25) is 9.59 Å². The first-order valence-corrected chi connectivity index (χ1v) is 13.2. The minimum Gasteiger partial charge on any atom is -0.294 e. The molecule has 0 amide bonds. The highest BCUT2D eigenvalue weighted by atomic mass is 35.5. The Morgan fingerprint density at radius 2 is 0.944 bits per heavy atom. The van der Waals surface area contributed by atoms with Gasteiger partial charge in [0.2, 0.25) is 0 Å². The molecule has 2 saturated carbocycles. The summed E-state index contributed by atoms with van der Waals surface area (Å²) in [6, 6.07) is 8.95. The van der Waals surface area contributed by atoms with E-state index in [1.807, 2.05) is 0 Å². The van der Waals surface area contributed by atoms with Crippen LogP contribution in [0.4, 0.5) is 0 Å². The average Bonchev–Trinajstić information content (AvgIpc) is 2.91. The Labute approximate surface area is 220 Å². The normalized spacial score (nSPS) is 16.8. The van der Waals surface area contributed by atoms with Crippen molar-refractivity contribution in [3.63, 3.8) is 0 Å². The first-order chi connectivity index (χ1) is 17.4.